The first-order valence-corrected chi connectivity index (χ1v) is 14.3. The second-order valence-electron chi connectivity index (χ2n) is 11.3. The van der Waals surface area contributed by atoms with Gasteiger partial charge in [-0.05, 0) is 80.0 Å². The number of rotatable bonds is 1. The van der Waals surface area contributed by atoms with Crippen molar-refractivity contribution in [1.29, 1.82) is 0 Å². The molecule has 5 nitrogen and oxygen atoms in total. The van der Waals surface area contributed by atoms with E-state index < -0.39 is 5.92 Å². The summed E-state index contributed by atoms with van der Waals surface area (Å²) in [6.07, 6.45) is 9.03. The van der Waals surface area contributed by atoms with Gasteiger partial charge in [0.1, 0.15) is 11.5 Å². The van der Waals surface area contributed by atoms with Crippen molar-refractivity contribution in [2.75, 3.05) is 38.2 Å². The molecule has 2 aromatic rings. The molecule has 0 unspecified atom stereocenters. The molecule has 5 rings (SSSR count). The molecule has 2 bridgehead atoms. The Labute approximate surface area is 226 Å². The van der Waals surface area contributed by atoms with Gasteiger partial charge in [-0.3, -0.25) is 9.59 Å². The highest BCUT2D eigenvalue weighted by Crippen LogP contribution is 2.45. The molecule has 37 heavy (non-hydrogen) atoms. The van der Waals surface area contributed by atoms with Gasteiger partial charge in [0.25, 0.3) is 0 Å². The van der Waals surface area contributed by atoms with Crippen molar-refractivity contribution in [1.82, 2.24) is 4.90 Å². The molecule has 0 N–H and O–H groups in total. The maximum Gasteiger partial charge on any atom is 0.223 e. The lowest BCUT2D eigenvalue weighted by Gasteiger charge is -2.41. The van der Waals surface area contributed by atoms with Gasteiger partial charge in [-0.2, -0.15) is 0 Å². The Bertz CT molecular complexity index is 1170. The average molecular weight is 523 g/mol. The molecular weight excluding hydrogens is 484 g/mol. The van der Waals surface area contributed by atoms with Gasteiger partial charge < -0.3 is 14.5 Å². The minimum Gasteiger partial charge on any atom is -0.490 e. The number of fused-ring (bicyclic) bond motifs is 3. The van der Waals surface area contributed by atoms with E-state index in [1.54, 1.807) is 11.8 Å². The van der Waals surface area contributed by atoms with E-state index in [-0.39, 0.29) is 23.5 Å². The Kier molecular flexibility index (Phi) is 7.80. The molecule has 0 radical (unpaired) electrons. The van der Waals surface area contributed by atoms with E-state index in [1.807, 2.05) is 25.2 Å². The molecule has 0 saturated carbocycles. The minimum atomic E-state index is -0.443. The van der Waals surface area contributed by atoms with Gasteiger partial charge in [0.15, 0.2) is 0 Å². The van der Waals surface area contributed by atoms with Crippen LogP contribution in [0.15, 0.2) is 36.4 Å². The van der Waals surface area contributed by atoms with Crippen LogP contribution in [0.5, 0.6) is 5.75 Å². The maximum atomic E-state index is 13.0. The third-order valence-corrected chi connectivity index (χ3v) is 8.92. The van der Waals surface area contributed by atoms with E-state index in [2.05, 4.69) is 23.1 Å². The number of carbonyl (C=O) groups excluding carboxylic acids is 2. The van der Waals surface area contributed by atoms with E-state index in [0.717, 1.165) is 80.2 Å². The molecular formula is C31H39ClN2O3. The van der Waals surface area contributed by atoms with Crippen molar-refractivity contribution in [3.8, 4) is 5.75 Å². The summed E-state index contributed by atoms with van der Waals surface area (Å²) in [7, 11) is 1.86. The van der Waals surface area contributed by atoms with E-state index in [0.29, 0.717) is 6.61 Å². The Balaban J connectivity index is 1.54. The fourth-order valence-electron chi connectivity index (χ4n) is 6.52. The highest BCUT2D eigenvalue weighted by atomic mass is 35.5. The van der Waals surface area contributed by atoms with Gasteiger partial charge in [0.05, 0.1) is 18.2 Å². The Morgan fingerprint density at radius 1 is 1.03 bits per heavy atom. The quantitative estimate of drug-likeness (QED) is 0.441. The molecule has 6 heteroatoms. The largest absolute Gasteiger partial charge is 0.490 e. The predicted molar refractivity (Wildman–Crippen MR) is 149 cm³/mol. The summed E-state index contributed by atoms with van der Waals surface area (Å²) in [6.45, 7) is 4.81. The van der Waals surface area contributed by atoms with Crippen LogP contribution in [-0.4, -0.2) is 49.9 Å². The van der Waals surface area contributed by atoms with Gasteiger partial charge in [0.2, 0.25) is 5.91 Å². The normalized spacial score (nSPS) is 24.9. The molecule has 2 aliphatic heterocycles. The number of benzene rings is 2. The zero-order valence-electron chi connectivity index (χ0n) is 22.2. The van der Waals surface area contributed by atoms with Crippen LogP contribution in [0.25, 0.3) is 0 Å². The Morgan fingerprint density at radius 2 is 1.81 bits per heavy atom. The number of hydrogen-bond donors (Lipinski definition) is 0. The monoisotopic (exact) mass is 522 g/mol. The highest BCUT2D eigenvalue weighted by molar-refractivity contribution is 6.30. The van der Waals surface area contributed by atoms with Crippen LogP contribution < -0.4 is 9.64 Å². The van der Waals surface area contributed by atoms with Crippen LogP contribution in [0.3, 0.4) is 0 Å². The van der Waals surface area contributed by atoms with Gasteiger partial charge in [-0.25, -0.2) is 0 Å². The smallest absolute Gasteiger partial charge is 0.223 e. The number of Topliss-reactive ketones (excluding diaryl/α,β-unsaturated/α-hetero) is 1. The van der Waals surface area contributed by atoms with E-state index >= 15 is 0 Å². The number of ketones is 1. The lowest BCUT2D eigenvalue weighted by molar-refractivity contribution is -0.132. The van der Waals surface area contributed by atoms with E-state index in [4.69, 9.17) is 16.3 Å². The number of nitrogens with zero attached hydrogens (tertiary/aromatic N) is 2. The van der Waals surface area contributed by atoms with Crippen molar-refractivity contribution in [3.63, 3.8) is 0 Å². The summed E-state index contributed by atoms with van der Waals surface area (Å²) in [4.78, 5) is 30.0. The molecule has 1 amide bonds. The maximum absolute atomic E-state index is 13.0. The predicted octanol–water partition coefficient (Wildman–Crippen LogP) is 6.30. The van der Waals surface area contributed by atoms with Crippen molar-refractivity contribution >= 4 is 29.0 Å². The third kappa shape index (κ3) is 5.52. The standard InChI is InChI=1S/C31H39ClN2O3/c1-22(35)26-19-30(36)33(2)15-6-4-3-5-7-16-34-20-31(21-37-29-13-10-23(26)18-28(29)34)14-8-9-24-17-25(32)11-12-27(24)31/h10-13,17-18,26H,3-9,14-16,19-21H2,1-2H3/t26-,31+/m1/s1. The average Bonchev–Trinajstić information content (AvgIpc) is 3.03. The van der Waals surface area contributed by atoms with E-state index in [1.165, 1.54) is 24.0 Å². The zero-order valence-corrected chi connectivity index (χ0v) is 23.0. The molecule has 0 saturated heterocycles. The number of ether oxygens (including phenoxy) is 1. The van der Waals surface area contributed by atoms with Gasteiger partial charge in [-0.15, -0.1) is 0 Å². The topological polar surface area (TPSA) is 49.9 Å². The van der Waals surface area contributed by atoms with Crippen LogP contribution in [0, 0.1) is 0 Å². The molecule has 0 fully saturated rings. The van der Waals surface area contributed by atoms with Crippen LogP contribution in [0.4, 0.5) is 5.69 Å². The van der Waals surface area contributed by atoms with Gasteiger partial charge in [0, 0.05) is 43.5 Å². The number of aryl methyl sites for hydroxylation is 1. The molecule has 2 atom stereocenters. The summed E-state index contributed by atoms with van der Waals surface area (Å²) < 4.78 is 6.58. The fourth-order valence-corrected chi connectivity index (χ4v) is 6.71. The van der Waals surface area contributed by atoms with Crippen LogP contribution in [0.2, 0.25) is 5.02 Å². The third-order valence-electron chi connectivity index (χ3n) is 8.68. The lowest BCUT2D eigenvalue weighted by atomic mass is 9.70. The SMILES string of the molecule is CC(=O)[C@H]1CC(=O)N(C)CCCCCCCN2C[C@@]3(CCCc4cc(Cl)ccc43)COc3ccc1cc32. The van der Waals surface area contributed by atoms with Crippen LogP contribution in [0.1, 0.15) is 80.9 Å². The van der Waals surface area contributed by atoms with Crippen molar-refractivity contribution < 1.29 is 14.3 Å². The summed E-state index contributed by atoms with van der Waals surface area (Å²) in [5.41, 5.74) is 4.56. The van der Waals surface area contributed by atoms with Crippen molar-refractivity contribution in [3.05, 3.63) is 58.1 Å². The first-order valence-electron chi connectivity index (χ1n) is 13.9. The molecule has 1 aliphatic carbocycles. The summed E-state index contributed by atoms with van der Waals surface area (Å²) in [5, 5.41) is 0.794. The zero-order chi connectivity index (χ0) is 26.0. The summed E-state index contributed by atoms with van der Waals surface area (Å²) in [5.74, 6) is 0.495. The molecule has 1 spiro atoms. The molecule has 0 aromatic heterocycles. The van der Waals surface area contributed by atoms with Crippen LogP contribution in [-0.2, 0) is 21.4 Å². The minimum absolute atomic E-state index is 0.0293. The summed E-state index contributed by atoms with van der Waals surface area (Å²) in [6, 6.07) is 12.5. The lowest BCUT2D eigenvalue weighted by Crippen LogP contribution is -2.46. The van der Waals surface area contributed by atoms with Crippen molar-refractivity contribution in [2.24, 2.45) is 0 Å². The second kappa shape index (κ2) is 11.1. The number of carbonyl (C=O) groups is 2. The molecule has 2 heterocycles. The summed E-state index contributed by atoms with van der Waals surface area (Å²) >= 11 is 6.37. The van der Waals surface area contributed by atoms with Crippen LogP contribution >= 0.6 is 11.6 Å². The molecule has 2 aromatic carbocycles. The molecule has 198 valence electrons. The first kappa shape index (κ1) is 26.1. The number of halogens is 1. The fraction of sp³-hybridized carbons (Fsp3) is 0.548. The highest BCUT2D eigenvalue weighted by Gasteiger charge is 2.41. The second-order valence-corrected chi connectivity index (χ2v) is 11.8. The number of hydrogen-bond acceptors (Lipinski definition) is 4. The van der Waals surface area contributed by atoms with E-state index in [9.17, 15) is 9.59 Å². The molecule has 3 aliphatic rings. The number of amides is 1. The number of anilines is 1. The Hall–Kier alpha value is -2.53. The van der Waals surface area contributed by atoms with Gasteiger partial charge >= 0.3 is 0 Å². The Morgan fingerprint density at radius 3 is 2.62 bits per heavy atom. The first-order chi connectivity index (χ1) is 17.9. The van der Waals surface area contributed by atoms with Crippen molar-refractivity contribution in [2.45, 2.75) is 76.0 Å². The van der Waals surface area contributed by atoms with Gasteiger partial charge in [-0.1, -0.05) is 43.0 Å².